The zero-order chi connectivity index (χ0) is 16.5. The number of rotatable bonds is 3. The van der Waals surface area contributed by atoms with E-state index in [1.54, 1.807) is 6.20 Å². The molecule has 2 N–H and O–H groups in total. The van der Waals surface area contributed by atoms with Gasteiger partial charge in [-0.1, -0.05) is 23.7 Å². The zero-order valence-electron chi connectivity index (χ0n) is 13.0. The molecule has 4 rings (SSSR count). The molecule has 24 heavy (non-hydrogen) atoms. The molecule has 7 nitrogen and oxygen atoms in total. The van der Waals surface area contributed by atoms with Crippen LogP contribution in [-0.2, 0) is 6.54 Å². The van der Waals surface area contributed by atoms with Gasteiger partial charge in [-0.2, -0.15) is 10.2 Å². The third-order valence-corrected chi connectivity index (χ3v) is 4.82. The minimum Gasteiger partial charge on any atom is -0.366 e. The molecule has 0 aliphatic carbocycles. The first-order valence-corrected chi connectivity index (χ1v) is 8.21. The van der Waals surface area contributed by atoms with Crippen molar-refractivity contribution < 1.29 is 0 Å². The molecule has 1 aliphatic heterocycles. The summed E-state index contributed by atoms with van der Waals surface area (Å²) in [5.41, 5.74) is 2.69. The van der Waals surface area contributed by atoms with Crippen LogP contribution in [0, 0.1) is 0 Å². The van der Waals surface area contributed by atoms with Crippen LogP contribution in [0.2, 0.25) is 5.02 Å². The first-order chi connectivity index (χ1) is 11.7. The van der Waals surface area contributed by atoms with Crippen molar-refractivity contribution in [1.29, 1.82) is 0 Å². The molecule has 1 fully saturated rings. The second kappa shape index (κ2) is 6.26. The van der Waals surface area contributed by atoms with Gasteiger partial charge in [-0.25, -0.2) is 5.10 Å². The summed E-state index contributed by atoms with van der Waals surface area (Å²) in [4.78, 5) is 16.1. The highest BCUT2D eigenvalue weighted by molar-refractivity contribution is 6.33. The number of aromatic nitrogens is 4. The van der Waals surface area contributed by atoms with Crippen molar-refractivity contribution in [3.63, 3.8) is 0 Å². The van der Waals surface area contributed by atoms with Crippen molar-refractivity contribution in [2.45, 2.75) is 6.54 Å². The third-order valence-electron chi connectivity index (χ3n) is 4.46. The number of piperazine rings is 1. The van der Waals surface area contributed by atoms with Crippen LogP contribution in [0.1, 0.15) is 5.56 Å². The second-order valence-electron chi connectivity index (χ2n) is 5.91. The number of nitrogens with zero attached hydrogens (tertiary/aromatic N) is 4. The molecule has 2 aromatic heterocycles. The highest BCUT2D eigenvalue weighted by Crippen LogP contribution is 2.23. The van der Waals surface area contributed by atoms with E-state index in [0.29, 0.717) is 5.69 Å². The average Bonchev–Trinajstić information content (AvgIpc) is 3.08. The van der Waals surface area contributed by atoms with Crippen molar-refractivity contribution in [2.24, 2.45) is 0 Å². The van der Waals surface area contributed by atoms with Gasteiger partial charge in [0.15, 0.2) is 0 Å². The van der Waals surface area contributed by atoms with Crippen LogP contribution in [0.15, 0.2) is 35.4 Å². The lowest BCUT2D eigenvalue weighted by atomic mass is 10.1. The van der Waals surface area contributed by atoms with E-state index >= 15 is 0 Å². The number of anilines is 1. The monoisotopic (exact) mass is 344 g/mol. The average molecular weight is 345 g/mol. The summed E-state index contributed by atoms with van der Waals surface area (Å²) < 4.78 is 0. The summed E-state index contributed by atoms with van der Waals surface area (Å²) in [6.45, 7) is 4.30. The maximum absolute atomic E-state index is 11.6. The Kier molecular flexibility index (Phi) is 3.95. The number of H-pyrrole nitrogens is 2. The van der Waals surface area contributed by atoms with Crippen LogP contribution >= 0.6 is 11.6 Å². The Hall–Kier alpha value is -2.38. The highest BCUT2D eigenvalue weighted by Gasteiger charge is 2.21. The summed E-state index contributed by atoms with van der Waals surface area (Å²) in [6, 6.07) is 6.22. The molecule has 0 spiro atoms. The fraction of sp³-hybridized carbons (Fsp3) is 0.312. The molecule has 0 unspecified atom stereocenters. The van der Waals surface area contributed by atoms with E-state index in [1.165, 1.54) is 10.9 Å². The summed E-state index contributed by atoms with van der Waals surface area (Å²) in [7, 11) is 0. The quantitative estimate of drug-likeness (QED) is 0.754. The minimum absolute atomic E-state index is 0.210. The van der Waals surface area contributed by atoms with Crippen LogP contribution < -0.4 is 10.5 Å². The number of nitrogens with one attached hydrogen (secondary N) is 2. The SMILES string of the molecule is O=c1[nH]ncc(N2CCN(Cc3cccc4[nH]ncc34)CC2)c1Cl. The molecule has 8 heteroatoms. The molecule has 1 saturated heterocycles. The maximum Gasteiger partial charge on any atom is 0.285 e. The molecular formula is C16H17ClN6O. The van der Waals surface area contributed by atoms with Crippen LogP contribution in [-0.4, -0.2) is 51.5 Å². The predicted octanol–water partition coefficient (Wildman–Crippen LogP) is 1.62. The van der Waals surface area contributed by atoms with E-state index < -0.39 is 0 Å². The largest absolute Gasteiger partial charge is 0.366 e. The van der Waals surface area contributed by atoms with Crippen molar-refractivity contribution in [3.05, 3.63) is 51.5 Å². The lowest BCUT2D eigenvalue weighted by Gasteiger charge is -2.36. The van der Waals surface area contributed by atoms with Gasteiger partial charge in [0.2, 0.25) is 0 Å². The van der Waals surface area contributed by atoms with E-state index in [1.807, 2.05) is 18.3 Å². The van der Waals surface area contributed by atoms with Crippen molar-refractivity contribution >= 4 is 28.2 Å². The topological polar surface area (TPSA) is 80.9 Å². The molecule has 124 valence electrons. The van der Waals surface area contributed by atoms with Gasteiger partial charge in [0, 0.05) is 38.1 Å². The third kappa shape index (κ3) is 2.76. The summed E-state index contributed by atoms with van der Waals surface area (Å²) in [5.74, 6) is 0. The fourth-order valence-electron chi connectivity index (χ4n) is 3.15. The van der Waals surface area contributed by atoms with Gasteiger partial charge >= 0.3 is 0 Å². The zero-order valence-corrected chi connectivity index (χ0v) is 13.8. The highest BCUT2D eigenvalue weighted by atomic mass is 35.5. The van der Waals surface area contributed by atoms with E-state index in [0.717, 1.165) is 38.2 Å². The lowest BCUT2D eigenvalue weighted by molar-refractivity contribution is 0.250. The molecule has 1 aromatic carbocycles. The second-order valence-corrected chi connectivity index (χ2v) is 6.29. The fourth-order valence-corrected chi connectivity index (χ4v) is 3.36. The summed E-state index contributed by atoms with van der Waals surface area (Å²) in [6.07, 6.45) is 3.49. The molecule has 3 heterocycles. The first kappa shape index (κ1) is 15.2. The van der Waals surface area contributed by atoms with Gasteiger partial charge in [0.1, 0.15) is 5.02 Å². The standard InChI is InChI=1S/C16H17ClN6O/c17-15-14(9-19-21-16(15)24)23-6-4-22(5-7-23)10-11-2-1-3-13-12(11)8-18-20-13/h1-3,8-9H,4-7,10H2,(H,18,20)(H,21,24). The van der Waals surface area contributed by atoms with E-state index in [4.69, 9.17) is 11.6 Å². The number of hydrogen-bond acceptors (Lipinski definition) is 5. The molecule has 3 aromatic rings. The van der Waals surface area contributed by atoms with Gasteiger partial charge in [-0.3, -0.25) is 14.8 Å². The minimum atomic E-state index is -0.344. The van der Waals surface area contributed by atoms with Gasteiger partial charge in [0.05, 0.1) is 23.6 Å². The van der Waals surface area contributed by atoms with Gasteiger partial charge in [-0.15, -0.1) is 0 Å². The number of fused-ring (bicyclic) bond motifs is 1. The van der Waals surface area contributed by atoms with Crippen molar-refractivity contribution in [2.75, 3.05) is 31.1 Å². The number of benzene rings is 1. The Morgan fingerprint density at radius 1 is 1.08 bits per heavy atom. The number of aromatic amines is 2. The predicted molar refractivity (Wildman–Crippen MR) is 93.5 cm³/mol. The molecule has 0 saturated carbocycles. The van der Waals surface area contributed by atoms with Crippen LogP contribution in [0.25, 0.3) is 10.9 Å². The molecule has 1 aliphatic rings. The Labute approximate surface area is 143 Å². The van der Waals surface area contributed by atoms with Crippen molar-refractivity contribution in [1.82, 2.24) is 25.3 Å². The van der Waals surface area contributed by atoms with Crippen LogP contribution in [0.4, 0.5) is 5.69 Å². The van der Waals surface area contributed by atoms with Gasteiger partial charge < -0.3 is 4.90 Å². The number of halogens is 1. The van der Waals surface area contributed by atoms with Crippen LogP contribution in [0.5, 0.6) is 0 Å². The lowest BCUT2D eigenvalue weighted by Crippen LogP contribution is -2.46. The van der Waals surface area contributed by atoms with Gasteiger partial charge in [-0.05, 0) is 11.6 Å². The first-order valence-electron chi connectivity index (χ1n) is 7.84. The smallest absolute Gasteiger partial charge is 0.285 e. The molecule has 0 atom stereocenters. The normalized spacial score (nSPS) is 16.0. The molecule has 0 amide bonds. The number of hydrogen-bond donors (Lipinski definition) is 2. The summed E-state index contributed by atoms with van der Waals surface area (Å²) in [5, 5.41) is 14.7. The van der Waals surface area contributed by atoms with E-state index in [2.05, 4.69) is 36.3 Å². The Morgan fingerprint density at radius 2 is 1.88 bits per heavy atom. The Bertz CT molecular complexity index is 912. The van der Waals surface area contributed by atoms with E-state index in [9.17, 15) is 4.79 Å². The molecular weight excluding hydrogens is 328 g/mol. The summed E-state index contributed by atoms with van der Waals surface area (Å²) >= 11 is 6.10. The molecule has 0 bridgehead atoms. The van der Waals surface area contributed by atoms with Crippen molar-refractivity contribution in [3.8, 4) is 0 Å². The Morgan fingerprint density at radius 3 is 2.71 bits per heavy atom. The van der Waals surface area contributed by atoms with Gasteiger partial charge in [0.25, 0.3) is 5.56 Å². The van der Waals surface area contributed by atoms with E-state index in [-0.39, 0.29) is 10.6 Å². The molecule has 0 radical (unpaired) electrons. The maximum atomic E-state index is 11.6. The Balaban J connectivity index is 1.46. The van der Waals surface area contributed by atoms with Crippen LogP contribution in [0.3, 0.4) is 0 Å².